The molecule has 0 fully saturated rings. The zero-order valence-corrected chi connectivity index (χ0v) is 51.8. The number of hydrogen-bond donors (Lipinski definition) is 0. The Kier molecular flexibility index (Phi) is 64.1. The van der Waals surface area contributed by atoms with Crippen LogP contribution in [0.1, 0.15) is 400 Å². The summed E-state index contributed by atoms with van der Waals surface area (Å²) in [7, 11) is 0. The van der Waals surface area contributed by atoms with Gasteiger partial charge in [0, 0.05) is 19.3 Å². The van der Waals surface area contributed by atoms with E-state index in [1.165, 1.54) is 302 Å². The summed E-state index contributed by atoms with van der Waals surface area (Å²) < 4.78 is 17.0. The molecule has 0 aromatic carbocycles. The molecular weight excluding hydrogens is 937 g/mol. The molecule has 76 heavy (non-hydrogen) atoms. The Labute approximate surface area is 475 Å². The van der Waals surface area contributed by atoms with Gasteiger partial charge in [-0.2, -0.15) is 0 Å². The smallest absolute Gasteiger partial charge is 0.306 e. The second-order valence-electron chi connectivity index (χ2n) is 23.8. The highest BCUT2D eigenvalue weighted by atomic mass is 16.6. The Hall–Kier alpha value is -1.85. The van der Waals surface area contributed by atoms with E-state index >= 15 is 0 Å². The van der Waals surface area contributed by atoms with Gasteiger partial charge in [0.2, 0.25) is 0 Å². The molecule has 0 spiro atoms. The molecular formula is C70H134O6. The average Bonchev–Trinajstić information content (AvgIpc) is 3.42. The van der Waals surface area contributed by atoms with Gasteiger partial charge in [0.25, 0.3) is 0 Å². The lowest BCUT2D eigenvalue weighted by Crippen LogP contribution is -2.30. The highest BCUT2D eigenvalue weighted by molar-refractivity contribution is 5.71. The molecule has 0 saturated carbocycles. The van der Waals surface area contributed by atoms with Crippen molar-refractivity contribution >= 4 is 17.9 Å². The van der Waals surface area contributed by atoms with Gasteiger partial charge in [0.1, 0.15) is 13.2 Å². The van der Waals surface area contributed by atoms with Crippen LogP contribution in [0.5, 0.6) is 0 Å². The van der Waals surface area contributed by atoms with Gasteiger partial charge in [-0.25, -0.2) is 0 Å². The van der Waals surface area contributed by atoms with E-state index < -0.39 is 6.10 Å². The van der Waals surface area contributed by atoms with Crippen molar-refractivity contribution in [1.82, 2.24) is 0 Å². The Morgan fingerprint density at radius 1 is 0.250 bits per heavy atom. The number of rotatable bonds is 65. The Morgan fingerprint density at radius 3 is 0.658 bits per heavy atom. The Morgan fingerprint density at radius 2 is 0.434 bits per heavy atom. The third-order valence-corrected chi connectivity index (χ3v) is 16.0. The second-order valence-corrected chi connectivity index (χ2v) is 23.8. The first kappa shape index (κ1) is 74.2. The van der Waals surface area contributed by atoms with Gasteiger partial charge in [0.15, 0.2) is 6.10 Å². The van der Waals surface area contributed by atoms with Crippen LogP contribution in [-0.2, 0) is 28.6 Å². The molecule has 0 N–H and O–H groups in total. The summed E-state index contributed by atoms with van der Waals surface area (Å²) in [5.41, 5.74) is 0. The van der Waals surface area contributed by atoms with E-state index in [1.807, 2.05) is 0 Å². The van der Waals surface area contributed by atoms with E-state index in [4.69, 9.17) is 14.2 Å². The predicted molar refractivity (Wildman–Crippen MR) is 330 cm³/mol. The summed E-state index contributed by atoms with van der Waals surface area (Å²) in [6.07, 6.45) is 78.0. The maximum atomic E-state index is 12.9. The van der Waals surface area contributed by atoms with Crippen LogP contribution < -0.4 is 0 Å². The number of esters is 3. The van der Waals surface area contributed by atoms with E-state index in [0.717, 1.165) is 57.8 Å². The van der Waals surface area contributed by atoms with Crippen molar-refractivity contribution in [3.8, 4) is 0 Å². The van der Waals surface area contributed by atoms with Crippen LogP contribution in [0.25, 0.3) is 0 Å². The van der Waals surface area contributed by atoms with E-state index in [9.17, 15) is 14.4 Å². The summed E-state index contributed by atoms with van der Waals surface area (Å²) in [5, 5.41) is 0. The monoisotopic (exact) mass is 1070 g/mol. The summed E-state index contributed by atoms with van der Waals surface area (Å²) in [6.45, 7) is 6.73. The first-order valence-electron chi connectivity index (χ1n) is 34.7. The molecule has 1 atom stereocenters. The standard InChI is InChI=1S/C70H134O6/c1-4-7-10-13-16-19-22-25-28-30-32-34-35-36-38-39-42-45-48-51-54-57-60-63-69(72)75-66-67(65-74-68(71)62-59-56-53-50-47-44-41-27-24-21-18-15-12-9-6-3)76-70(73)64-61-58-55-52-49-46-43-40-37-33-31-29-26-23-20-17-14-11-8-5-2/h30,32,67H,4-29,31,33-66H2,1-3H3/b32-30-. The van der Waals surface area contributed by atoms with Crippen molar-refractivity contribution in [2.75, 3.05) is 13.2 Å². The Balaban J connectivity index is 4.26. The van der Waals surface area contributed by atoms with Crippen molar-refractivity contribution in [1.29, 1.82) is 0 Å². The molecule has 0 saturated heterocycles. The van der Waals surface area contributed by atoms with E-state index in [2.05, 4.69) is 32.9 Å². The molecule has 6 nitrogen and oxygen atoms in total. The molecule has 0 aromatic heterocycles. The molecule has 450 valence electrons. The normalized spacial score (nSPS) is 12.0. The minimum Gasteiger partial charge on any atom is -0.462 e. The van der Waals surface area contributed by atoms with Crippen LogP contribution in [0.15, 0.2) is 12.2 Å². The molecule has 0 radical (unpaired) electrons. The predicted octanol–water partition coefficient (Wildman–Crippen LogP) is 23.6. The first-order chi connectivity index (χ1) is 37.5. The zero-order chi connectivity index (χ0) is 55.0. The Bertz CT molecular complexity index is 1180. The number of hydrogen-bond acceptors (Lipinski definition) is 6. The average molecular weight is 1070 g/mol. The highest BCUT2D eigenvalue weighted by Gasteiger charge is 2.19. The van der Waals surface area contributed by atoms with Crippen molar-refractivity contribution < 1.29 is 28.6 Å². The van der Waals surface area contributed by atoms with E-state index in [0.29, 0.717) is 19.3 Å². The minimum absolute atomic E-state index is 0.0629. The largest absolute Gasteiger partial charge is 0.462 e. The third-order valence-electron chi connectivity index (χ3n) is 16.0. The fourth-order valence-corrected chi connectivity index (χ4v) is 10.8. The maximum Gasteiger partial charge on any atom is 0.306 e. The van der Waals surface area contributed by atoms with Crippen LogP contribution in [-0.4, -0.2) is 37.2 Å². The fourth-order valence-electron chi connectivity index (χ4n) is 10.8. The molecule has 6 heteroatoms. The van der Waals surface area contributed by atoms with Crippen LogP contribution in [0, 0.1) is 0 Å². The van der Waals surface area contributed by atoms with Gasteiger partial charge < -0.3 is 14.2 Å². The number of carbonyl (C=O) groups is 3. The van der Waals surface area contributed by atoms with Crippen LogP contribution in [0.4, 0.5) is 0 Å². The summed E-state index contributed by atoms with van der Waals surface area (Å²) in [5.74, 6) is -0.828. The highest BCUT2D eigenvalue weighted by Crippen LogP contribution is 2.19. The molecule has 0 rings (SSSR count). The molecule has 0 aliphatic rings. The fraction of sp³-hybridized carbons (Fsp3) is 0.929. The molecule has 0 heterocycles. The van der Waals surface area contributed by atoms with Gasteiger partial charge in [-0.1, -0.05) is 348 Å². The van der Waals surface area contributed by atoms with Crippen molar-refractivity contribution in [3.05, 3.63) is 12.2 Å². The maximum absolute atomic E-state index is 12.9. The van der Waals surface area contributed by atoms with Gasteiger partial charge in [0.05, 0.1) is 0 Å². The van der Waals surface area contributed by atoms with Crippen molar-refractivity contribution in [2.24, 2.45) is 0 Å². The first-order valence-corrected chi connectivity index (χ1v) is 34.7. The topological polar surface area (TPSA) is 78.9 Å². The van der Waals surface area contributed by atoms with E-state index in [-0.39, 0.29) is 31.1 Å². The molecule has 0 aliphatic heterocycles. The van der Waals surface area contributed by atoms with E-state index in [1.54, 1.807) is 0 Å². The molecule has 1 unspecified atom stereocenters. The summed E-state index contributed by atoms with van der Waals surface area (Å²) in [4.78, 5) is 38.4. The van der Waals surface area contributed by atoms with Gasteiger partial charge >= 0.3 is 17.9 Å². The molecule has 0 amide bonds. The van der Waals surface area contributed by atoms with Crippen LogP contribution in [0.3, 0.4) is 0 Å². The van der Waals surface area contributed by atoms with Crippen molar-refractivity contribution in [3.63, 3.8) is 0 Å². The summed E-state index contributed by atoms with van der Waals surface area (Å²) in [6, 6.07) is 0. The quantitative estimate of drug-likeness (QED) is 0.0261. The SMILES string of the molecule is CCCCCCCCCC/C=C\CCCCCCCCCCCCCC(=O)OCC(COC(=O)CCCCCCCCCCCCCCCCC)OC(=O)CCCCCCCCCCCCCCCCCCCCCC. The van der Waals surface area contributed by atoms with Crippen molar-refractivity contribution in [2.45, 2.75) is 406 Å². The van der Waals surface area contributed by atoms with Gasteiger partial charge in [-0.15, -0.1) is 0 Å². The zero-order valence-electron chi connectivity index (χ0n) is 51.8. The lowest BCUT2D eigenvalue weighted by atomic mass is 10.0. The summed E-state index contributed by atoms with van der Waals surface area (Å²) >= 11 is 0. The van der Waals surface area contributed by atoms with Gasteiger partial charge in [-0.3, -0.25) is 14.4 Å². The number of unbranched alkanes of at least 4 members (excludes halogenated alkanes) is 52. The lowest BCUT2D eigenvalue weighted by Gasteiger charge is -2.18. The number of carbonyl (C=O) groups excluding carboxylic acids is 3. The minimum atomic E-state index is -0.766. The van der Waals surface area contributed by atoms with Crippen LogP contribution >= 0.6 is 0 Å². The number of allylic oxidation sites excluding steroid dienone is 2. The molecule has 0 bridgehead atoms. The molecule has 0 aromatic rings. The molecule has 0 aliphatic carbocycles. The second kappa shape index (κ2) is 65.7. The lowest BCUT2D eigenvalue weighted by molar-refractivity contribution is -0.167. The third kappa shape index (κ3) is 63.0. The van der Waals surface area contributed by atoms with Crippen LogP contribution in [0.2, 0.25) is 0 Å². The van der Waals surface area contributed by atoms with Gasteiger partial charge in [-0.05, 0) is 44.9 Å². The number of ether oxygens (including phenoxy) is 3.